The van der Waals surface area contributed by atoms with Crippen molar-refractivity contribution in [3.8, 4) is 6.07 Å². The normalized spacial score (nSPS) is 11.6. The largest absolute Gasteiger partial charge is 0.367 e. The molecule has 0 aliphatic carbocycles. The molecule has 0 spiro atoms. The molecule has 0 N–H and O–H groups in total. The van der Waals surface area contributed by atoms with Crippen LogP contribution < -0.4 is 4.90 Å². The summed E-state index contributed by atoms with van der Waals surface area (Å²) < 4.78 is 0. The molecule has 0 aromatic heterocycles. The van der Waals surface area contributed by atoms with Gasteiger partial charge in [0.15, 0.2) is 0 Å². The van der Waals surface area contributed by atoms with Gasteiger partial charge in [-0.2, -0.15) is 5.26 Å². The van der Waals surface area contributed by atoms with Gasteiger partial charge in [-0.1, -0.05) is 42.5 Å². The van der Waals surface area contributed by atoms with Crippen LogP contribution in [0.3, 0.4) is 0 Å². The Labute approximate surface area is 108 Å². The topological polar surface area (TPSA) is 27.0 Å². The van der Waals surface area contributed by atoms with E-state index in [-0.39, 0.29) is 6.04 Å². The summed E-state index contributed by atoms with van der Waals surface area (Å²) in [5.74, 6) is 0. The summed E-state index contributed by atoms with van der Waals surface area (Å²) >= 11 is 0. The van der Waals surface area contributed by atoms with E-state index in [0.717, 1.165) is 5.69 Å². The Kier molecular flexibility index (Phi) is 3.64. The number of nitrogens with zero attached hydrogens (tertiary/aromatic N) is 2. The number of nitriles is 1. The lowest BCUT2D eigenvalue weighted by molar-refractivity contribution is 0.739. The molecule has 2 rings (SSSR count). The van der Waals surface area contributed by atoms with Crippen molar-refractivity contribution in [1.29, 1.82) is 5.26 Å². The molecule has 0 saturated carbocycles. The summed E-state index contributed by atoms with van der Waals surface area (Å²) in [5.41, 5.74) is 2.92. The van der Waals surface area contributed by atoms with E-state index in [1.807, 2.05) is 49.5 Å². The highest BCUT2D eigenvalue weighted by Gasteiger charge is 2.14. The summed E-state index contributed by atoms with van der Waals surface area (Å²) in [7, 11) is 2.02. The van der Waals surface area contributed by atoms with Gasteiger partial charge >= 0.3 is 0 Å². The fourth-order valence-electron chi connectivity index (χ4n) is 2.04. The Morgan fingerprint density at radius 2 is 1.61 bits per heavy atom. The van der Waals surface area contributed by atoms with E-state index < -0.39 is 0 Å². The van der Waals surface area contributed by atoms with Crippen LogP contribution in [0.15, 0.2) is 54.6 Å². The van der Waals surface area contributed by atoms with Crippen molar-refractivity contribution in [2.75, 3.05) is 11.9 Å². The third-order valence-electron chi connectivity index (χ3n) is 3.27. The molecule has 2 aromatic rings. The molecule has 18 heavy (non-hydrogen) atoms. The van der Waals surface area contributed by atoms with E-state index in [2.05, 4.69) is 30.0 Å². The van der Waals surface area contributed by atoms with Crippen molar-refractivity contribution >= 4 is 5.69 Å². The Bertz CT molecular complexity index is 555. The van der Waals surface area contributed by atoms with Crippen molar-refractivity contribution in [3.63, 3.8) is 0 Å². The maximum absolute atomic E-state index is 9.14. The molecule has 0 amide bonds. The number of para-hydroxylation sites is 1. The first-order valence-electron chi connectivity index (χ1n) is 6.01. The standard InChI is InChI=1S/C16H16N2/c1-13(14-8-4-3-5-9-14)18(2)16-11-7-6-10-15(16)12-17/h3-11,13H,1-2H3. The molecule has 0 heterocycles. The maximum atomic E-state index is 9.14. The number of benzene rings is 2. The number of hydrogen-bond donors (Lipinski definition) is 0. The van der Waals surface area contributed by atoms with Crippen LogP contribution in [-0.4, -0.2) is 7.05 Å². The minimum Gasteiger partial charge on any atom is -0.367 e. The zero-order chi connectivity index (χ0) is 13.0. The van der Waals surface area contributed by atoms with Gasteiger partial charge < -0.3 is 4.90 Å². The highest BCUT2D eigenvalue weighted by molar-refractivity contribution is 5.59. The zero-order valence-corrected chi connectivity index (χ0v) is 10.7. The quantitative estimate of drug-likeness (QED) is 0.811. The Morgan fingerprint density at radius 3 is 2.28 bits per heavy atom. The molecule has 0 saturated heterocycles. The third-order valence-corrected chi connectivity index (χ3v) is 3.27. The predicted octanol–water partition coefficient (Wildman–Crippen LogP) is 3.76. The fraction of sp³-hybridized carbons (Fsp3) is 0.188. The van der Waals surface area contributed by atoms with E-state index in [0.29, 0.717) is 5.56 Å². The third kappa shape index (κ3) is 2.36. The van der Waals surface area contributed by atoms with Gasteiger partial charge in [0, 0.05) is 7.05 Å². The molecule has 1 unspecified atom stereocenters. The number of hydrogen-bond acceptors (Lipinski definition) is 2. The first-order chi connectivity index (χ1) is 8.74. The van der Waals surface area contributed by atoms with Crippen LogP contribution in [0, 0.1) is 11.3 Å². The highest BCUT2D eigenvalue weighted by Crippen LogP contribution is 2.27. The molecule has 2 nitrogen and oxygen atoms in total. The van der Waals surface area contributed by atoms with Crippen molar-refractivity contribution in [1.82, 2.24) is 0 Å². The molecule has 0 aliphatic heterocycles. The summed E-state index contributed by atoms with van der Waals surface area (Å²) in [5, 5.41) is 9.14. The Balaban J connectivity index is 2.32. The molecular formula is C16H16N2. The second kappa shape index (κ2) is 5.37. The molecule has 0 bridgehead atoms. The van der Waals surface area contributed by atoms with Crippen molar-refractivity contribution in [3.05, 3.63) is 65.7 Å². The fourth-order valence-corrected chi connectivity index (χ4v) is 2.04. The minimum atomic E-state index is 0.237. The zero-order valence-electron chi connectivity index (χ0n) is 10.7. The number of rotatable bonds is 3. The molecule has 0 aliphatic rings. The molecule has 2 heteroatoms. The predicted molar refractivity (Wildman–Crippen MR) is 74.4 cm³/mol. The van der Waals surface area contributed by atoms with E-state index in [1.165, 1.54) is 5.56 Å². The second-order valence-electron chi connectivity index (χ2n) is 4.33. The van der Waals surface area contributed by atoms with Gasteiger partial charge in [0.25, 0.3) is 0 Å². The van der Waals surface area contributed by atoms with Crippen molar-refractivity contribution < 1.29 is 0 Å². The monoisotopic (exact) mass is 236 g/mol. The van der Waals surface area contributed by atoms with E-state index in [4.69, 9.17) is 5.26 Å². The van der Waals surface area contributed by atoms with E-state index >= 15 is 0 Å². The Morgan fingerprint density at radius 1 is 1.00 bits per heavy atom. The van der Waals surface area contributed by atoms with Gasteiger partial charge in [-0.25, -0.2) is 0 Å². The smallest absolute Gasteiger partial charge is 0.101 e. The highest BCUT2D eigenvalue weighted by atomic mass is 15.1. The summed E-state index contributed by atoms with van der Waals surface area (Å²) in [6.45, 7) is 2.14. The molecule has 1 atom stereocenters. The molecule has 90 valence electrons. The maximum Gasteiger partial charge on any atom is 0.101 e. The summed E-state index contributed by atoms with van der Waals surface area (Å²) in [4.78, 5) is 2.13. The first-order valence-corrected chi connectivity index (χ1v) is 6.01. The second-order valence-corrected chi connectivity index (χ2v) is 4.33. The van der Waals surface area contributed by atoms with E-state index in [1.54, 1.807) is 0 Å². The van der Waals surface area contributed by atoms with Crippen molar-refractivity contribution in [2.24, 2.45) is 0 Å². The summed E-state index contributed by atoms with van der Waals surface area (Å²) in [6.07, 6.45) is 0. The van der Waals surface area contributed by atoms with Gasteiger partial charge in [0.05, 0.1) is 17.3 Å². The number of anilines is 1. The van der Waals surface area contributed by atoms with Crippen LogP contribution in [-0.2, 0) is 0 Å². The van der Waals surface area contributed by atoms with E-state index in [9.17, 15) is 0 Å². The molecule has 0 fully saturated rings. The average molecular weight is 236 g/mol. The van der Waals surface area contributed by atoms with Crippen molar-refractivity contribution in [2.45, 2.75) is 13.0 Å². The molecule has 0 radical (unpaired) electrons. The van der Waals surface area contributed by atoms with Gasteiger partial charge in [-0.15, -0.1) is 0 Å². The lowest BCUT2D eigenvalue weighted by Gasteiger charge is -2.28. The first kappa shape index (κ1) is 12.2. The average Bonchev–Trinajstić information content (AvgIpc) is 2.46. The van der Waals surface area contributed by atoms with Gasteiger partial charge in [-0.3, -0.25) is 0 Å². The minimum absolute atomic E-state index is 0.237. The van der Waals surface area contributed by atoms with Crippen LogP contribution in [0.25, 0.3) is 0 Å². The lowest BCUT2D eigenvalue weighted by atomic mass is 10.1. The Hall–Kier alpha value is -2.27. The molecular weight excluding hydrogens is 220 g/mol. The van der Waals surface area contributed by atoms with Crippen LogP contribution in [0.1, 0.15) is 24.1 Å². The molecule has 2 aromatic carbocycles. The van der Waals surface area contributed by atoms with Crippen LogP contribution in [0.2, 0.25) is 0 Å². The van der Waals surface area contributed by atoms with Crippen LogP contribution >= 0.6 is 0 Å². The van der Waals surface area contributed by atoms with Gasteiger partial charge in [-0.05, 0) is 24.6 Å². The van der Waals surface area contributed by atoms with Gasteiger partial charge in [0.2, 0.25) is 0 Å². The summed E-state index contributed by atoms with van der Waals surface area (Å²) in [6, 6.07) is 20.5. The lowest BCUT2D eigenvalue weighted by Crippen LogP contribution is -2.22. The van der Waals surface area contributed by atoms with Crippen LogP contribution in [0.4, 0.5) is 5.69 Å². The SMILES string of the molecule is CC(c1ccccc1)N(C)c1ccccc1C#N. The van der Waals surface area contributed by atoms with Gasteiger partial charge in [0.1, 0.15) is 6.07 Å². The van der Waals surface area contributed by atoms with Crippen LogP contribution in [0.5, 0.6) is 0 Å².